The molecular formula is C19H24N4O4. The lowest BCUT2D eigenvalue weighted by Gasteiger charge is -2.26. The van der Waals surface area contributed by atoms with Crippen molar-refractivity contribution in [2.24, 2.45) is 0 Å². The minimum atomic E-state index is -0.650. The number of likely N-dealkylation sites (tertiary alicyclic amines) is 1. The molecule has 1 aromatic carbocycles. The second-order valence-corrected chi connectivity index (χ2v) is 6.88. The summed E-state index contributed by atoms with van der Waals surface area (Å²) in [5.41, 5.74) is 1.56. The molecule has 0 aromatic heterocycles. The van der Waals surface area contributed by atoms with Gasteiger partial charge in [0.1, 0.15) is 6.04 Å². The van der Waals surface area contributed by atoms with Crippen molar-refractivity contribution in [3.8, 4) is 0 Å². The lowest BCUT2D eigenvalue weighted by molar-refractivity contribution is -0.122. The number of carbonyl (C=O) groups is 4. The van der Waals surface area contributed by atoms with Gasteiger partial charge in [-0.2, -0.15) is 0 Å². The Labute approximate surface area is 157 Å². The molecule has 5 amide bonds. The van der Waals surface area contributed by atoms with Crippen molar-refractivity contribution in [3.05, 3.63) is 35.4 Å². The first-order valence-corrected chi connectivity index (χ1v) is 9.29. The van der Waals surface area contributed by atoms with Crippen LogP contribution in [0.4, 0.5) is 4.79 Å². The molecule has 0 bridgehead atoms. The van der Waals surface area contributed by atoms with Gasteiger partial charge in [0.05, 0.1) is 0 Å². The second kappa shape index (κ2) is 8.66. The Hall–Kier alpha value is -2.90. The molecule has 1 atom stereocenters. The van der Waals surface area contributed by atoms with E-state index in [1.54, 1.807) is 12.1 Å². The first-order valence-electron chi connectivity index (χ1n) is 9.29. The smallest absolute Gasteiger partial charge is 0.322 e. The number of piperidine rings is 1. The van der Waals surface area contributed by atoms with Crippen LogP contribution in [0.1, 0.15) is 48.0 Å². The summed E-state index contributed by atoms with van der Waals surface area (Å²) in [5.74, 6) is -0.540. The van der Waals surface area contributed by atoms with E-state index in [1.165, 1.54) is 6.42 Å². The molecule has 0 spiro atoms. The van der Waals surface area contributed by atoms with E-state index in [1.807, 2.05) is 17.0 Å². The fourth-order valence-electron chi connectivity index (χ4n) is 3.27. The van der Waals surface area contributed by atoms with Gasteiger partial charge in [-0.1, -0.05) is 12.1 Å². The van der Waals surface area contributed by atoms with Gasteiger partial charge in [-0.15, -0.1) is 0 Å². The molecule has 2 saturated heterocycles. The minimum Gasteiger partial charge on any atom is -0.352 e. The van der Waals surface area contributed by atoms with Gasteiger partial charge in [0.2, 0.25) is 5.91 Å². The standard InChI is InChI=1S/C19H24N4O4/c24-16(9-8-15-17(25)22-19(27)21-15)20-12-13-4-6-14(7-5-13)18(26)23-10-2-1-3-11-23/h4-7,15H,1-3,8-12H2,(H,20,24)(H2,21,22,25,27)/t15-/m0/s1. The van der Waals surface area contributed by atoms with Crippen molar-refractivity contribution in [3.63, 3.8) is 0 Å². The number of carbonyl (C=O) groups excluding carboxylic acids is 4. The van der Waals surface area contributed by atoms with Crippen LogP contribution in [-0.2, 0) is 16.1 Å². The maximum absolute atomic E-state index is 12.4. The van der Waals surface area contributed by atoms with Crippen LogP contribution < -0.4 is 16.0 Å². The lowest BCUT2D eigenvalue weighted by atomic mass is 10.1. The van der Waals surface area contributed by atoms with Crippen LogP contribution in [0.3, 0.4) is 0 Å². The van der Waals surface area contributed by atoms with Gasteiger partial charge >= 0.3 is 6.03 Å². The molecule has 0 radical (unpaired) electrons. The van der Waals surface area contributed by atoms with E-state index in [9.17, 15) is 19.2 Å². The van der Waals surface area contributed by atoms with Crippen LogP contribution in [0, 0.1) is 0 Å². The SMILES string of the molecule is O=C(CC[C@@H]1NC(=O)NC1=O)NCc1ccc(C(=O)N2CCCCC2)cc1. The Kier molecular flexibility index (Phi) is 6.05. The maximum atomic E-state index is 12.4. The highest BCUT2D eigenvalue weighted by Gasteiger charge is 2.29. The molecular weight excluding hydrogens is 348 g/mol. The molecule has 3 rings (SSSR count). The first kappa shape index (κ1) is 18.9. The van der Waals surface area contributed by atoms with E-state index in [-0.39, 0.29) is 24.7 Å². The average Bonchev–Trinajstić information content (AvgIpc) is 3.02. The quantitative estimate of drug-likeness (QED) is 0.645. The summed E-state index contributed by atoms with van der Waals surface area (Å²) in [6.45, 7) is 1.98. The number of hydrogen-bond donors (Lipinski definition) is 3. The third-order valence-corrected chi connectivity index (χ3v) is 4.85. The van der Waals surface area contributed by atoms with Gasteiger partial charge in [-0.3, -0.25) is 19.7 Å². The lowest BCUT2D eigenvalue weighted by Crippen LogP contribution is -2.35. The summed E-state index contributed by atoms with van der Waals surface area (Å²) >= 11 is 0. The predicted molar refractivity (Wildman–Crippen MR) is 97.7 cm³/mol. The molecule has 2 fully saturated rings. The maximum Gasteiger partial charge on any atom is 0.322 e. The summed E-state index contributed by atoms with van der Waals surface area (Å²) in [5, 5.41) is 7.38. The molecule has 144 valence electrons. The summed E-state index contributed by atoms with van der Waals surface area (Å²) in [6, 6.07) is 6.07. The van der Waals surface area contributed by atoms with E-state index in [0.717, 1.165) is 31.5 Å². The van der Waals surface area contributed by atoms with Crippen molar-refractivity contribution in [2.45, 2.75) is 44.7 Å². The van der Waals surface area contributed by atoms with Crippen molar-refractivity contribution in [2.75, 3.05) is 13.1 Å². The fraction of sp³-hybridized carbons (Fsp3) is 0.474. The van der Waals surface area contributed by atoms with E-state index in [2.05, 4.69) is 16.0 Å². The third kappa shape index (κ3) is 5.06. The zero-order valence-corrected chi connectivity index (χ0v) is 15.1. The molecule has 8 heteroatoms. The average molecular weight is 372 g/mol. The highest BCUT2D eigenvalue weighted by molar-refractivity contribution is 6.04. The predicted octanol–water partition coefficient (Wildman–Crippen LogP) is 0.917. The molecule has 0 aliphatic carbocycles. The number of rotatable bonds is 6. The first-order chi connectivity index (χ1) is 13.0. The Bertz CT molecular complexity index is 726. The van der Waals surface area contributed by atoms with Crippen molar-refractivity contribution in [1.29, 1.82) is 0 Å². The fourth-order valence-corrected chi connectivity index (χ4v) is 3.27. The third-order valence-electron chi connectivity index (χ3n) is 4.85. The Balaban J connectivity index is 1.43. The Morgan fingerprint density at radius 3 is 2.41 bits per heavy atom. The molecule has 2 heterocycles. The number of nitrogens with one attached hydrogen (secondary N) is 3. The van der Waals surface area contributed by atoms with Gasteiger partial charge in [-0.25, -0.2) is 4.79 Å². The van der Waals surface area contributed by atoms with Crippen LogP contribution in [0.15, 0.2) is 24.3 Å². The van der Waals surface area contributed by atoms with Crippen molar-refractivity contribution < 1.29 is 19.2 Å². The van der Waals surface area contributed by atoms with Crippen LogP contribution >= 0.6 is 0 Å². The van der Waals surface area contributed by atoms with Gasteiger partial charge in [0.25, 0.3) is 11.8 Å². The zero-order chi connectivity index (χ0) is 19.2. The van der Waals surface area contributed by atoms with E-state index in [4.69, 9.17) is 0 Å². The molecule has 8 nitrogen and oxygen atoms in total. The van der Waals surface area contributed by atoms with E-state index < -0.39 is 18.0 Å². The molecule has 0 unspecified atom stereocenters. The van der Waals surface area contributed by atoms with Gasteiger partial charge in [0.15, 0.2) is 0 Å². The van der Waals surface area contributed by atoms with E-state index in [0.29, 0.717) is 12.1 Å². The van der Waals surface area contributed by atoms with Crippen LogP contribution in [0.25, 0.3) is 0 Å². The summed E-state index contributed by atoms with van der Waals surface area (Å²) in [6.07, 6.45) is 3.70. The largest absolute Gasteiger partial charge is 0.352 e. The van der Waals surface area contributed by atoms with Crippen molar-refractivity contribution >= 4 is 23.8 Å². The summed E-state index contributed by atoms with van der Waals surface area (Å²) in [4.78, 5) is 48.7. The summed E-state index contributed by atoms with van der Waals surface area (Å²) < 4.78 is 0. The van der Waals surface area contributed by atoms with Crippen LogP contribution in [0.2, 0.25) is 0 Å². The Morgan fingerprint density at radius 2 is 1.78 bits per heavy atom. The number of imide groups is 1. The zero-order valence-electron chi connectivity index (χ0n) is 15.1. The second-order valence-electron chi connectivity index (χ2n) is 6.88. The highest BCUT2D eigenvalue weighted by Crippen LogP contribution is 2.14. The van der Waals surface area contributed by atoms with Gasteiger partial charge in [0, 0.05) is 31.6 Å². The van der Waals surface area contributed by atoms with Crippen LogP contribution in [0.5, 0.6) is 0 Å². The number of hydrogen-bond acceptors (Lipinski definition) is 4. The molecule has 3 N–H and O–H groups in total. The highest BCUT2D eigenvalue weighted by atomic mass is 16.2. The molecule has 0 saturated carbocycles. The summed E-state index contributed by atoms with van der Waals surface area (Å²) in [7, 11) is 0. The topological polar surface area (TPSA) is 108 Å². The molecule has 2 aliphatic heterocycles. The van der Waals surface area contributed by atoms with Gasteiger partial charge in [-0.05, 0) is 43.4 Å². The molecule has 1 aromatic rings. The Morgan fingerprint density at radius 1 is 1.07 bits per heavy atom. The number of nitrogens with zero attached hydrogens (tertiary/aromatic N) is 1. The normalized spacial score (nSPS) is 19.4. The number of urea groups is 1. The monoisotopic (exact) mass is 372 g/mol. The molecule has 27 heavy (non-hydrogen) atoms. The number of benzene rings is 1. The van der Waals surface area contributed by atoms with E-state index >= 15 is 0 Å². The van der Waals surface area contributed by atoms with Crippen molar-refractivity contribution in [1.82, 2.24) is 20.9 Å². The molecule has 2 aliphatic rings. The number of amides is 5. The minimum absolute atomic E-state index is 0.0576. The van der Waals surface area contributed by atoms with Crippen LogP contribution in [-0.4, -0.2) is 47.8 Å². The van der Waals surface area contributed by atoms with Gasteiger partial charge < -0.3 is 15.5 Å².